The molecule has 1 aliphatic rings. The zero-order valence-electron chi connectivity index (χ0n) is 14.8. The monoisotopic (exact) mass is 346 g/mol. The lowest BCUT2D eigenvalue weighted by Crippen LogP contribution is -2.49. The van der Waals surface area contributed by atoms with Crippen molar-refractivity contribution in [3.8, 4) is 5.75 Å². The van der Waals surface area contributed by atoms with Crippen molar-refractivity contribution in [2.24, 2.45) is 0 Å². The van der Waals surface area contributed by atoms with E-state index >= 15 is 0 Å². The molecule has 0 saturated carbocycles. The number of benzene rings is 1. The Bertz CT molecular complexity index is 641. The zero-order valence-corrected chi connectivity index (χ0v) is 14.8. The number of aliphatic hydroxyl groups is 1. The first kappa shape index (κ1) is 17.8. The number of para-hydroxylation sites is 1. The van der Waals surface area contributed by atoms with Crippen molar-refractivity contribution in [3.63, 3.8) is 0 Å². The standard InChI is InChI=1S/C18H26N4O3/c1-14(18-19-15(2)20-25-18)22-10-8-21(9-11-22)12-16(23)13-24-17-6-4-3-5-7-17/h3-7,14,16,23H,8-13H2,1-2H3. The Hall–Kier alpha value is -1.96. The van der Waals surface area contributed by atoms with Crippen LogP contribution in [-0.4, -0.2) is 70.5 Å². The van der Waals surface area contributed by atoms with Gasteiger partial charge in [0.1, 0.15) is 18.5 Å². The van der Waals surface area contributed by atoms with Crippen LogP contribution in [0.3, 0.4) is 0 Å². The van der Waals surface area contributed by atoms with Crippen molar-refractivity contribution in [1.82, 2.24) is 19.9 Å². The minimum atomic E-state index is -0.497. The molecule has 1 saturated heterocycles. The van der Waals surface area contributed by atoms with Gasteiger partial charge in [0.05, 0.1) is 6.04 Å². The molecular formula is C18H26N4O3. The third-order valence-electron chi connectivity index (χ3n) is 4.51. The number of β-amino-alcohol motifs (C(OH)–C–C–N with tert-alkyl or cyclic N) is 1. The average Bonchev–Trinajstić information content (AvgIpc) is 3.07. The van der Waals surface area contributed by atoms with Gasteiger partial charge in [-0.05, 0) is 26.0 Å². The highest BCUT2D eigenvalue weighted by atomic mass is 16.5. The van der Waals surface area contributed by atoms with Crippen molar-refractivity contribution in [2.45, 2.75) is 26.0 Å². The summed E-state index contributed by atoms with van der Waals surface area (Å²) in [7, 11) is 0. The summed E-state index contributed by atoms with van der Waals surface area (Å²) < 4.78 is 10.9. The van der Waals surface area contributed by atoms with Crippen LogP contribution in [0.25, 0.3) is 0 Å². The van der Waals surface area contributed by atoms with E-state index in [0.717, 1.165) is 31.9 Å². The molecule has 1 N–H and O–H groups in total. The first-order valence-electron chi connectivity index (χ1n) is 8.74. The van der Waals surface area contributed by atoms with Gasteiger partial charge in [0, 0.05) is 32.7 Å². The summed E-state index contributed by atoms with van der Waals surface area (Å²) in [6, 6.07) is 9.70. The number of hydrogen-bond acceptors (Lipinski definition) is 7. The molecule has 0 spiro atoms. The lowest BCUT2D eigenvalue weighted by Gasteiger charge is -2.37. The van der Waals surface area contributed by atoms with E-state index in [2.05, 4.69) is 26.9 Å². The fourth-order valence-corrected chi connectivity index (χ4v) is 3.03. The Morgan fingerprint density at radius 3 is 2.56 bits per heavy atom. The number of nitrogens with zero attached hydrogens (tertiary/aromatic N) is 4. The Balaban J connectivity index is 1.40. The number of ether oxygens (including phenoxy) is 1. The second-order valence-corrected chi connectivity index (χ2v) is 6.47. The quantitative estimate of drug-likeness (QED) is 0.814. The third-order valence-corrected chi connectivity index (χ3v) is 4.51. The van der Waals surface area contributed by atoms with Crippen LogP contribution in [0.2, 0.25) is 0 Å². The number of aliphatic hydroxyl groups excluding tert-OH is 1. The smallest absolute Gasteiger partial charge is 0.243 e. The van der Waals surface area contributed by atoms with Crippen LogP contribution in [0.4, 0.5) is 0 Å². The van der Waals surface area contributed by atoms with Crippen LogP contribution in [0.5, 0.6) is 5.75 Å². The molecule has 2 unspecified atom stereocenters. The van der Waals surface area contributed by atoms with Gasteiger partial charge in [-0.25, -0.2) is 0 Å². The van der Waals surface area contributed by atoms with E-state index < -0.39 is 6.10 Å². The van der Waals surface area contributed by atoms with Gasteiger partial charge in [-0.2, -0.15) is 4.98 Å². The summed E-state index contributed by atoms with van der Waals surface area (Å²) in [5, 5.41) is 14.1. The molecule has 0 amide bonds. The summed E-state index contributed by atoms with van der Waals surface area (Å²) in [4.78, 5) is 8.91. The molecule has 7 nitrogen and oxygen atoms in total. The molecule has 25 heavy (non-hydrogen) atoms. The number of rotatable bonds is 7. The normalized spacial score (nSPS) is 18.8. The number of aromatic nitrogens is 2. The first-order chi connectivity index (χ1) is 12.1. The van der Waals surface area contributed by atoms with Crippen LogP contribution in [0.1, 0.15) is 24.7 Å². The SMILES string of the molecule is Cc1noc(C(C)N2CCN(CC(O)COc3ccccc3)CC2)n1. The number of hydrogen-bond donors (Lipinski definition) is 1. The molecule has 0 aliphatic carbocycles. The van der Waals surface area contributed by atoms with Crippen LogP contribution in [0, 0.1) is 6.92 Å². The minimum Gasteiger partial charge on any atom is -0.491 e. The van der Waals surface area contributed by atoms with Gasteiger partial charge in [-0.3, -0.25) is 9.80 Å². The van der Waals surface area contributed by atoms with E-state index in [1.807, 2.05) is 37.3 Å². The predicted molar refractivity (Wildman–Crippen MR) is 93.4 cm³/mol. The molecule has 136 valence electrons. The molecule has 2 atom stereocenters. The Labute approximate surface area is 148 Å². The molecule has 1 aromatic carbocycles. The topological polar surface area (TPSA) is 74.9 Å². The second kappa shape index (κ2) is 8.42. The fraction of sp³-hybridized carbons (Fsp3) is 0.556. The number of aryl methyl sites for hydroxylation is 1. The van der Waals surface area contributed by atoms with Gasteiger partial charge >= 0.3 is 0 Å². The van der Waals surface area contributed by atoms with Crippen molar-refractivity contribution in [3.05, 3.63) is 42.0 Å². The molecule has 2 aromatic rings. The molecule has 7 heteroatoms. The van der Waals surface area contributed by atoms with Crippen LogP contribution < -0.4 is 4.74 Å². The third kappa shape index (κ3) is 5.01. The predicted octanol–water partition coefficient (Wildman–Crippen LogP) is 1.50. The van der Waals surface area contributed by atoms with Crippen LogP contribution in [-0.2, 0) is 0 Å². The first-order valence-corrected chi connectivity index (χ1v) is 8.74. The molecule has 1 aliphatic heterocycles. The zero-order chi connectivity index (χ0) is 17.6. The highest BCUT2D eigenvalue weighted by molar-refractivity contribution is 5.20. The van der Waals surface area contributed by atoms with E-state index in [0.29, 0.717) is 24.9 Å². The maximum atomic E-state index is 10.2. The van der Waals surface area contributed by atoms with Crippen molar-refractivity contribution >= 4 is 0 Å². The molecule has 1 aromatic heterocycles. The summed E-state index contributed by atoms with van der Waals surface area (Å²) >= 11 is 0. The van der Waals surface area contributed by atoms with Gasteiger partial charge in [0.15, 0.2) is 5.82 Å². The Morgan fingerprint density at radius 2 is 1.92 bits per heavy atom. The van der Waals surface area contributed by atoms with E-state index in [-0.39, 0.29) is 6.04 Å². The van der Waals surface area contributed by atoms with Crippen molar-refractivity contribution in [2.75, 3.05) is 39.3 Å². The van der Waals surface area contributed by atoms with Gasteiger partial charge in [0.25, 0.3) is 0 Å². The molecule has 1 fully saturated rings. The van der Waals surface area contributed by atoms with E-state index in [4.69, 9.17) is 9.26 Å². The highest BCUT2D eigenvalue weighted by Gasteiger charge is 2.26. The summed E-state index contributed by atoms with van der Waals surface area (Å²) in [6.07, 6.45) is -0.497. The highest BCUT2D eigenvalue weighted by Crippen LogP contribution is 2.20. The van der Waals surface area contributed by atoms with Gasteiger partial charge < -0.3 is 14.4 Å². The molecule has 0 bridgehead atoms. The van der Waals surface area contributed by atoms with E-state index in [1.165, 1.54) is 0 Å². The summed E-state index contributed by atoms with van der Waals surface area (Å²) in [5.74, 6) is 2.12. The van der Waals surface area contributed by atoms with Gasteiger partial charge in [-0.15, -0.1) is 0 Å². The largest absolute Gasteiger partial charge is 0.491 e. The lowest BCUT2D eigenvalue weighted by atomic mass is 10.2. The minimum absolute atomic E-state index is 0.120. The Morgan fingerprint density at radius 1 is 1.20 bits per heavy atom. The van der Waals surface area contributed by atoms with E-state index in [1.54, 1.807) is 0 Å². The molecule has 0 radical (unpaired) electrons. The molecular weight excluding hydrogens is 320 g/mol. The van der Waals surface area contributed by atoms with Crippen molar-refractivity contribution < 1.29 is 14.4 Å². The maximum Gasteiger partial charge on any atom is 0.243 e. The fourth-order valence-electron chi connectivity index (χ4n) is 3.03. The number of piperazine rings is 1. The van der Waals surface area contributed by atoms with Crippen LogP contribution >= 0.6 is 0 Å². The van der Waals surface area contributed by atoms with Crippen molar-refractivity contribution in [1.29, 1.82) is 0 Å². The lowest BCUT2D eigenvalue weighted by molar-refractivity contribution is 0.0343. The maximum absolute atomic E-state index is 10.2. The average molecular weight is 346 g/mol. The van der Waals surface area contributed by atoms with Crippen LogP contribution in [0.15, 0.2) is 34.9 Å². The molecule has 3 rings (SSSR count). The Kier molecular flexibility index (Phi) is 6.01. The summed E-state index contributed by atoms with van der Waals surface area (Å²) in [6.45, 7) is 8.47. The van der Waals surface area contributed by atoms with Gasteiger partial charge in [0.2, 0.25) is 5.89 Å². The van der Waals surface area contributed by atoms with E-state index in [9.17, 15) is 5.11 Å². The summed E-state index contributed by atoms with van der Waals surface area (Å²) in [5.41, 5.74) is 0. The molecule has 2 heterocycles. The van der Waals surface area contributed by atoms with Gasteiger partial charge in [-0.1, -0.05) is 23.4 Å². The second-order valence-electron chi connectivity index (χ2n) is 6.47.